The van der Waals surface area contributed by atoms with Crippen LogP contribution in [0, 0.1) is 11.6 Å². The highest BCUT2D eigenvalue weighted by Gasteiger charge is 2.15. The summed E-state index contributed by atoms with van der Waals surface area (Å²) in [7, 11) is 1.64. The Morgan fingerprint density at radius 2 is 1.89 bits per heavy atom. The summed E-state index contributed by atoms with van der Waals surface area (Å²) in [6, 6.07) is 4.17. The van der Waals surface area contributed by atoms with E-state index in [2.05, 4.69) is 15.9 Å². The minimum absolute atomic E-state index is 0.0634. The van der Waals surface area contributed by atoms with Crippen LogP contribution >= 0.6 is 27.3 Å². The number of hydrogen-bond donors (Lipinski definition) is 1. The molecule has 0 spiro atoms. The Kier molecular flexibility index (Phi) is 3.87. The van der Waals surface area contributed by atoms with Crippen LogP contribution < -0.4 is 10.6 Å². The molecule has 0 atom stereocenters. The van der Waals surface area contributed by atoms with Crippen LogP contribution in [-0.4, -0.2) is 7.05 Å². The van der Waals surface area contributed by atoms with E-state index >= 15 is 0 Å². The molecule has 18 heavy (non-hydrogen) atoms. The molecule has 0 fully saturated rings. The minimum atomic E-state index is -0.649. The first kappa shape index (κ1) is 13.3. The molecule has 0 saturated carbocycles. The van der Waals surface area contributed by atoms with Crippen LogP contribution in [-0.2, 0) is 6.54 Å². The van der Waals surface area contributed by atoms with Gasteiger partial charge in [-0.05, 0) is 45.1 Å². The van der Waals surface area contributed by atoms with Gasteiger partial charge < -0.3 is 10.6 Å². The first-order valence-corrected chi connectivity index (χ1v) is 6.83. The van der Waals surface area contributed by atoms with Gasteiger partial charge in [0.15, 0.2) is 11.6 Å². The average Bonchev–Trinajstić information content (AvgIpc) is 2.62. The normalized spacial score (nSPS) is 10.7. The van der Waals surface area contributed by atoms with Crippen LogP contribution in [0.3, 0.4) is 0 Å². The van der Waals surface area contributed by atoms with Gasteiger partial charge in [0.2, 0.25) is 0 Å². The Bertz CT molecular complexity index is 548. The Balaban J connectivity index is 2.26. The van der Waals surface area contributed by atoms with Crippen LogP contribution in [0.4, 0.5) is 20.2 Å². The van der Waals surface area contributed by atoms with Crippen molar-refractivity contribution in [3.63, 3.8) is 0 Å². The quantitative estimate of drug-likeness (QED) is 0.860. The van der Waals surface area contributed by atoms with Crippen molar-refractivity contribution in [2.45, 2.75) is 6.54 Å². The van der Waals surface area contributed by atoms with Gasteiger partial charge in [0, 0.05) is 19.3 Å². The van der Waals surface area contributed by atoms with Crippen LogP contribution in [0.15, 0.2) is 27.4 Å². The molecule has 0 radical (unpaired) electrons. The number of hydrogen-bond acceptors (Lipinski definition) is 3. The average molecular weight is 333 g/mol. The molecule has 1 aromatic carbocycles. The molecule has 0 bridgehead atoms. The number of nitrogen functional groups attached to an aromatic ring is 1. The molecule has 2 aromatic rings. The molecule has 1 heterocycles. The molecule has 6 heteroatoms. The zero-order valence-corrected chi connectivity index (χ0v) is 12.0. The lowest BCUT2D eigenvalue weighted by molar-refractivity contribution is 0.578. The number of benzene rings is 1. The molecule has 0 amide bonds. The maximum Gasteiger partial charge on any atom is 0.151 e. The molecule has 2 rings (SSSR count). The van der Waals surface area contributed by atoms with E-state index in [1.165, 1.54) is 16.2 Å². The Morgan fingerprint density at radius 3 is 2.39 bits per heavy atom. The number of halogens is 3. The van der Waals surface area contributed by atoms with E-state index in [-0.39, 0.29) is 11.4 Å². The summed E-state index contributed by atoms with van der Waals surface area (Å²) in [6.07, 6.45) is 0. The van der Waals surface area contributed by atoms with Crippen molar-refractivity contribution in [2.24, 2.45) is 0 Å². The lowest BCUT2D eigenvalue weighted by Gasteiger charge is -2.20. The maximum absolute atomic E-state index is 13.7. The number of anilines is 2. The van der Waals surface area contributed by atoms with Crippen molar-refractivity contribution >= 4 is 38.6 Å². The van der Waals surface area contributed by atoms with E-state index in [9.17, 15) is 8.78 Å². The van der Waals surface area contributed by atoms with Crippen LogP contribution in [0.1, 0.15) is 5.56 Å². The van der Waals surface area contributed by atoms with E-state index < -0.39 is 11.6 Å². The topological polar surface area (TPSA) is 29.3 Å². The van der Waals surface area contributed by atoms with Crippen molar-refractivity contribution < 1.29 is 8.78 Å². The highest BCUT2D eigenvalue weighted by atomic mass is 79.9. The van der Waals surface area contributed by atoms with Crippen LogP contribution in [0.5, 0.6) is 0 Å². The van der Waals surface area contributed by atoms with Gasteiger partial charge in [-0.25, -0.2) is 8.78 Å². The van der Waals surface area contributed by atoms with E-state index in [1.807, 2.05) is 11.4 Å². The lowest BCUT2D eigenvalue weighted by atomic mass is 10.2. The zero-order valence-electron chi connectivity index (χ0n) is 9.58. The molecular weight excluding hydrogens is 322 g/mol. The molecule has 0 saturated heterocycles. The summed E-state index contributed by atoms with van der Waals surface area (Å²) in [5.74, 6) is -1.30. The molecule has 0 aliphatic carbocycles. The molecule has 2 nitrogen and oxygen atoms in total. The molecule has 0 unspecified atom stereocenters. The second-order valence-electron chi connectivity index (χ2n) is 3.95. The Morgan fingerprint density at radius 1 is 1.28 bits per heavy atom. The van der Waals surface area contributed by atoms with Gasteiger partial charge in [0.25, 0.3) is 0 Å². The molecule has 0 aliphatic rings. The van der Waals surface area contributed by atoms with Crippen molar-refractivity contribution in [2.75, 3.05) is 17.7 Å². The second-order valence-corrected chi connectivity index (χ2v) is 6.24. The van der Waals surface area contributed by atoms with Crippen molar-refractivity contribution in [1.82, 2.24) is 0 Å². The lowest BCUT2D eigenvalue weighted by Crippen LogP contribution is -2.19. The predicted octanol–water partition coefficient (Wildman–Crippen LogP) is 4.01. The third-order valence-corrected chi connectivity index (χ3v) is 4.02. The van der Waals surface area contributed by atoms with E-state index in [0.29, 0.717) is 6.54 Å². The third kappa shape index (κ3) is 2.81. The summed E-state index contributed by atoms with van der Waals surface area (Å²) >= 11 is 4.89. The van der Waals surface area contributed by atoms with Gasteiger partial charge in [0.1, 0.15) is 5.69 Å². The summed E-state index contributed by atoms with van der Waals surface area (Å²) in [6.45, 7) is 0.430. The highest BCUT2D eigenvalue weighted by Crippen LogP contribution is 2.28. The second kappa shape index (κ2) is 5.24. The van der Waals surface area contributed by atoms with Gasteiger partial charge in [-0.3, -0.25) is 0 Å². The summed E-state index contributed by atoms with van der Waals surface area (Å²) in [5.41, 5.74) is 6.39. The monoisotopic (exact) mass is 332 g/mol. The molecule has 2 N–H and O–H groups in total. The summed E-state index contributed by atoms with van der Waals surface area (Å²) in [4.78, 5) is 1.53. The Hall–Kier alpha value is -1.14. The number of nitrogens with zero attached hydrogens (tertiary/aromatic N) is 1. The smallest absolute Gasteiger partial charge is 0.151 e. The fourth-order valence-electron chi connectivity index (χ4n) is 1.73. The zero-order chi connectivity index (χ0) is 13.3. The standard InChI is InChI=1S/C12H11BrF2N2S/c1-17(5-7-2-11(13)18-6-7)12-9(14)3-8(16)4-10(12)15/h2-4,6H,5,16H2,1H3. The highest BCUT2D eigenvalue weighted by molar-refractivity contribution is 9.11. The third-order valence-electron chi connectivity index (χ3n) is 2.46. The van der Waals surface area contributed by atoms with Gasteiger partial charge >= 0.3 is 0 Å². The van der Waals surface area contributed by atoms with Gasteiger partial charge in [-0.15, -0.1) is 11.3 Å². The Labute approximate surface area is 116 Å². The SMILES string of the molecule is CN(Cc1csc(Br)c1)c1c(F)cc(N)cc1F. The van der Waals surface area contributed by atoms with Gasteiger partial charge in [-0.1, -0.05) is 0 Å². The fourth-order valence-corrected chi connectivity index (χ4v) is 2.93. The number of thiophene rings is 1. The first-order chi connectivity index (χ1) is 8.47. The van der Waals surface area contributed by atoms with E-state index in [0.717, 1.165) is 21.5 Å². The minimum Gasteiger partial charge on any atom is -0.399 e. The van der Waals surface area contributed by atoms with Crippen LogP contribution in [0.2, 0.25) is 0 Å². The number of rotatable bonds is 3. The molecule has 0 aliphatic heterocycles. The van der Waals surface area contributed by atoms with Crippen molar-refractivity contribution in [3.8, 4) is 0 Å². The summed E-state index contributed by atoms with van der Waals surface area (Å²) < 4.78 is 28.4. The molecule has 96 valence electrons. The molecule has 1 aromatic heterocycles. The van der Waals surface area contributed by atoms with Crippen molar-refractivity contribution in [1.29, 1.82) is 0 Å². The summed E-state index contributed by atoms with van der Waals surface area (Å²) in [5, 5.41) is 1.94. The van der Waals surface area contributed by atoms with Gasteiger partial charge in [-0.2, -0.15) is 0 Å². The largest absolute Gasteiger partial charge is 0.399 e. The van der Waals surface area contributed by atoms with E-state index in [1.54, 1.807) is 7.05 Å². The molecular formula is C12H11BrF2N2S. The predicted molar refractivity (Wildman–Crippen MR) is 74.9 cm³/mol. The van der Waals surface area contributed by atoms with Crippen LogP contribution in [0.25, 0.3) is 0 Å². The number of nitrogens with two attached hydrogens (primary N) is 1. The first-order valence-electron chi connectivity index (χ1n) is 5.16. The van der Waals surface area contributed by atoms with Gasteiger partial charge in [0.05, 0.1) is 3.79 Å². The van der Waals surface area contributed by atoms with Crippen molar-refractivity contribution in [3.05, 3.63) is 44.6 Å². The van der Waals surface area contributed by atoms with E-state index in [4.69, 9.17) is 5.73 Å². The fraction of sp³-hybridized carbons (Fsp3) is 0.167. The maximum atomic E-state index is 13.7.